The van der Waals surface area contributed by atoms with Crippen LogP contribution in [0.25, 0.3) is 0 Å². The average Bonchev–Trinajstić information content (AvgIpc) is 2.81. The fraction of sp³-hybridized carbons (Fsp3) is 0.889. The van der Waals surface area contributed by atoms with Gasteiger partial charge in [-0.1, -0.05) is 0 Å². The maximum atomic E-state index is 5.81. The van der Waals surface area contributed by atoms with Gasteiger partial charge in [0.1, 0.15) is 0 Å². The first-order chi connectivity index (χ1) is 5.68. The number of rotatable bonds is 2. The smallest absolute Gasteiger partial charge is 0.191 e. The van der Waals surface area contributed by atoms with E-state index in [4.69, 9.17) is 5.73 Å². The van der Waals surface area contributed by atoms with Crippen molar-refractivity contribution in [1.29, 1.82) is 0 Å². The molecule has 0 spiro atoms. The van der Waals surface area contributed by atoms with Gasteiger partial charge in [0.25, 0.3) is 0 Å². The summed E-state index contributed by atoms with van der Waals surface area (Å²) in [6.45, 7) is 6.32. The third kappa shape index (κ3) is 0.919. The summed E-state index contributed by atoms with van der Waals surface area (Å²) in [5, 5.41) is 0. The van der Waals surface area contributed by atoms with E-state index in [1.54, 1.807) is 0 Å². The third-order valence-electron chi connectivity index (χ3n) is 3.23. The fourth-order valence-electron chi connectivity index (χ4n) is 2.25. The molecule has 1 fully saturated rings. The highest BCUT2D eigenvalue weighted by molar-refractivity contribution is 5.81. The summed E-state index contributed by atoms with van der Waals surface area (Å²) in [6, 6.07) is 0. The Morgan fingerprint density at radius 2 is 2.33 bits per heavy atom. The molecule has 3 heteroatoms. The van der Waals surface area contributed by atoms with Gasteiger partial charge in [-0.3, -0.25) is 4.99 Å². The van der Waals surface area contributed by atoms with Crippen LogP contribution in [-0.2, 0) is 0 Å². The zero-order valence-corrected chi connectivity index (χ0v) is 7.88. The van der Waals surface area contributed by atoms with Crippen molar-refractivity contribution in [2.45, 2.75) is 32.2 Å². The first-order valence-corrected chi connectivity index (χ1v) is 4.76. The van der Waals surface area contributed by atoms with E-state index >= 15 is 0 Å². The van der Waals surface area contributed by atoms with Crippen molar-refractivity contribution in [1.82, 2.24) is 4.90 Å². The van der Waals surface area contributed by atoms with E-state index in [1.165, 1.54) is 12.8 Å². The number of nitrogens with two attached hydrogens (primary N) is 1. The number of likely N-dealkylation sites (N-methyl/N-ethyl adjacent to an activating group) is 1. The monoisotopic (exact) mass is 167 g/mol. The molecule has 0 radical (unpaired) electrons. The lowest BCUT2D eigenvalue weighted by Gasteiger charge is -2.35. The summed E-state index contributed by atoms with van der Waals surface area (Å²) in [5.74, 6) is 1.58. The molecule has 0 amide bonds. The van der Waals surface area contributed by atoms with Crippen molar-refractivity contribution in [3.05, 3.63) is 0 Å². The molecule has 1 saturated carbocycles. The van der Waals surface area contributed by atoms with E-state index in [0.29, 0.717) is 0 Å². The van der Waals surface area contributed by atoms with Crippen molar-refractivity contribution in [2.24, 2.45) is 16.6 Å². The number of guanidine groups is 1. The molecule has 2 rings (SSSR count). The second kappa shape index (κ2) is 2.38. The van der Waals surface area contributed by atoms with Gasteiger partial charge < -0.3 is 10.6 Å². The van der Waals surface area contributed by atoms with Crippen LogP contribution in [0.2, 0.25) is 0 Å². The minimum absolute atomic E-state index is 0.249. The average molecular weight is 167 g/mol. The molecule has 1 unspecified atom stereocenters. The number of hydrogen-bond donors (Lipinski definition) is 1. The second-order valence-corrected chi connectivity index (χ2v) is 4.05. The predicted molar refractivity (Wildman–Crippen MR) is 50.0 cm³/mol. The Kier molecular flexibility index (Phi) is 1.56. The molecule has 12 heavy (non-hydrogen) atoms. The summed E-state index contributed by atoms with van der Waals surface area (Å²) >= 11 is 0. The molecule has 0 saturated heterocycles. The molecule has 1 heterocycles. The minimum atomic E-state index is 0.249. The van der Waals surface area contributed by atoms with E-state index in [2.05, 4.69) is 23.7 Å². The predicted octanol–water partition coefficient (Wildman–Crippen LogP) is 0.805. The SMILES string of the molecule is CCN1C(N)=NCC1(C)C1CC1. The van der Waals surface area contributed by atoms with Gasteiger partial charge >= 0.3 is 0 Å². The molecule has 0 bridgehead atoms. The highest BCUT2D eigenvalue weighted by atomic mass is 15.4. The molecule has 2 aliphatic rings. The molecule has 2 N–H and O–H groups in total. The lowest BCUT2D eigenvalue weighted by molar-refractivity contribution is 0.200. The third-order valence-corrected chi connectivity index (χ3v) is 3.23. The maximum Gasteiger partial charge on any atom is 0.191 e. The van der Waals surface area contributed by atoms with Crippen LogP contribution in [0.1, 0.15) is 26.7 Å². The van der Waals surface area contributed by atoms with Crippen molar-refractivity contribution in [3.63, 3.8) is 0 Å². The van der Waals surface area contributed by atoms with E-state index in [0.717, 1.165) is 25.0 Å². The largest absolute Gasteiger partial charge is 0.370 e. The van der Waals surface area contributed by atoms with Crippen molar-refractivity contribution in [2.75, 3.05) is 13.1 Å². The van der Waals surface area contributed by atoms with Gasteiger partial charge in [0.2, 0.25) is 0 Å². The standard InChI is InChI=1S/C9H17N3/c1-3-12-8(10)11-6-9(12,2)7-4-5-7/h7H,3-6H2,1-2H3,(H2,10,11). The number of aliphatic imine (C=N–C) groups is 1. The van der Waals surface area contributed by atoms with Crippen LogP contribution < -0.4 is 5.73 Å². The summed E-state index contributed by atoms with van der Waals surface area (Å²) in [4.78, 5) is 6.58. The molecule has 0 aromatic heterocycles. The van der Waals surface area contributed by atoms with Crippen LogP contribution in [0, 0.1) is 5.92 Å². The highest BCUT2D eigenvalue weighted by Gasteiger charge is 2.48. The van der Waals surface area contributed by atoms with Crippen LogP contribution in [-0.4, -0.2) is 29.5 Å². The molecule has 1 aliphatic carbocycles. The quantitative estimate of drug-likeness (QED) is 0.661. The van der Waals surface area contributed by atoms with E-state index in [1.807, 2.05) is 0 Å². The van der Waals surface area contributed by atoms with E-state index < -0.39 is 0 Å². The van der Waals surface area contributed by atoms with Crippen LogP contribution in [0.4, 0.5) is 0 Å². The summed E-state index contributed by atoms with van der Waals surface area (Å²) in [6.07, 6.45) is 2.71. The van der Waals surface area contributed by atoms with Gasteiger partial charge in [0.15, 0.2) is 5.96 Å². The summed E-state index contributed by atoms with van der Waals surface area (Å²) < 4.78 is 0. The topological polar surface area (TPSA) is 41.6 Å². The highest BCUT2D eigenvalue weighted by Crippen LogP contribution is 2.44. The van der Waals surface area contributed by atoms with Crippen LogP contribution in [0.15, 0.2) is 4.99 Å². The molecule has 68 valence electrons. The Bertz CT molecular complexity index is 220. The Morgan fingerprint density at radius 1 is 1.67 bits per heavy atom. The van der Waals surface area contributed by atoms with Gasteiger partial charge in [0.05, 0.1) is 12.1 Å². The molecular weight excluding hydrogens is 150 g/mol. The van der Waals surface area contributed by atoms with Gasteiger partial charge in [-0.05, 0) is 32.6 Å². The van der Waals surface area contributed by atoms with E-state index in [9.17, 15) is 0 Å². The van der Waals surface area contributed by atoms with Gasteiger partial charge in [-0.15, -0.1) is 0 Å². The number of hydrogen-bond acceptors (Lipinski definition) is 3. The zero-order chi connectivity index (χ0) is 8.77. The normalized spacial score (nSPS) is 35.5. The molecule has 0 aromatic rings. The second-order valence-electron chi connectivity index (χ2n) is 4.05. The van der Waals surface area contributed by atoms with Crippen molar-refractivity contribution in [3.8, 4) is 0 Å². The lowest BCUT2D eigenvalue weighted by Crippen LogP contribution is -2.50. The first-order valence-electron chi connectivity index (χ1n) is 4.76. The summed E-state index contributed by atoms with van der Waals surface area (Å²) in [5.41, 5.74) is 6.06. The summed E-state index contributed by atoms with van der Waals surface area (Å²) in [7, 11) is 0. The molecule has 1 aliphatic heterocycles. The molecule has 3 nitrogen and oxygen atoms in total. The Morgan fingerprint density at radius 3 is 2.83 bits per heavy atom. The molecule has 1 atom stereocenters. The molecule has 0 aromatic carbocycles. The Balaban J connectivity index is 2.17. The zero-order valence-electron chi connectivity index (χ0n) is 7.88. The van der Waals surface area contributed by atoms with E-state index in [-0.39, 0.29) is 5.54 Å². The fourth-order valence-corrected chi connectivity index (χ4v) is 2.25. The van der Waals surface area contributed by atoms with Crippen LogP contribution in [0.5, 0.6) is 0 Å². The Labute approximate surface area is 73.6 Å². The van der Waals surface area contributed by atoms with Crippen LogP contribution >= 0.6 is 0 Å². The first kappa shape index (κ1) is 7.90. The van der Waals surface area contributed by atoms with Gasteiger partial charge in [-0.2, -0.15) is 0 Å². The maximum absolute atomic E-state index is 5.81. The van der Waals surface area contributed by atoms with Crippen LogP contribution in [0.3, 0.4) is 0 Å². The number of nitrogens with zero attached hydrogens (tertiary/aromatic N) is 2. The lowest BCUT2D eigenvalue weighted by atomic mass is 9.95. The van der Waals surface area contributed by atoms with Gasteiger partial charge in [-0.25, -0.2) is 0 Å². The van der Waals surface area contributed by atoms with Gasteiger partial charge in [0, 0.05) is 6.54 Å². The minimum Gasteiger partial charge on any atom is -0.370 e. The Hall–Kier alpha value is -0.730. The van der Waals surface area contributed by atoms with Crippen molar-refractivity contribution >= 4 is 5.96 Å². The van der Waals surface area contributed by atoms with Crippen molar-refractivity contribution < 1.29 is 0 Å². The molecular formula is C9H17N3.